The Morgan fingerprint density at radius 1 is 0.806 bits per heavy atom. The van der Waals surface area contributed by atoms with Crippen LogP contribution in [0.3, 0.4) is 0 Å². The summed E-state index contributed by atoms with van der Waals surface area (Å²) in [5.74, 6) is 0.469. The van der Waals surface area contributed by atoms with Gasteiger partial charge in [-0.2, -0.15) is 0 Å². The molecule has 4 aromatic rings. The zero-order chi connectivity index (χ0) is 50.9. The van der Waals surface area contributed by atoms with E-state index in [0.29, 0.717) is 114 Å². The van der Waals surface area contributed by atoms with Crippen molar-refractivity contribution in [1.29, 1.82) is 0 Å². The largest absolute Gasteiger partial charge is 0.496 e. The van der Waals surface area contributed by atoms with Crippen molar-refractivity contribution in [3.05, 3.63) is 111 Å². The van der Waals surface area contributed by atoms with Gasteiger partial charge in [0.2, 0.25) is 17.7 Å². The van der Waals surface area contributed by atoms with Crippen LogP contribution in [0.15, 0.2) is 66.9 Å². The zero-order valence-corrected chi connectivity index (χ0v) is 43.3. The Kier molecular flexibility index (Phi) is 20.6. The third-order valence-electron chi connectivity index (χ3n) is 13.0. The van der Waals surface area contributed by atoms with Crippen LogP contribution in [0.25, 0.3) is 0 Å². The van der Waals surface area contributed by atoms with Gasteiger partial charge in [0, 0.05) is 92.3 Å². The second-order valence-corrected chi connectivity index (χ2v) is 22.1. The van der Waals surface area contributed by atoms with Crippen molar-refractivity contribution in [2.24, 2.45) is 0 Å². The summed E-state index contributed by atoms with van der Waals surface area (Å²) in [6.07, 6.45) is 6.57. The van der Waals surface area contributed by atoms with E-state index in [0.717, 1.165) is 77.8 Å². The van der Waals surface area contributed by atoms with E-state index in [9.17, 15) is 23.7 Å². The lowest BCUT2D eigenvalue weighted by Gasteiger charge is -2.34. The number of fused-ring (bicyclic) bond motifs is 1. The molecule has 0 aliphatic carbocycles. The normalized spacial score (nSPS) is 16.3. The lowest BCUT2D eigenvalue weighted by atomic mass is 10.00. The molecule has 2 fully saturated rings. The third kappa shape index (κ3) is 15.6. The highest BCUT2D eigenvalue weighted by atomic mass is 35.5. The molecule has 1 unspecified atom stereocenters. The standard InChI is InChI=1S/C53H68ClN6O11P/c1-66-47-34-41(14-13-38(47)33-49-55-35-44(54)45(57-49)32-39-8-4-5-12-48(39)72(2,3)65)59-20-17-40(18-21-59)56-51(62)19-23-68-25-27-70-29-31-71-30-28-69-26-24-67-22-7-10-37-9-6-11-42-43(37)36-60(53(42)64)46-15-16-50(61)58-52(46)63/h4-6,8-9,11-14,34-35,40,46H,7,10,15-33,36H2,1-3H3,(H,56,62)(H,58,61,63). The van der Waals surface area contributed by atoms with Crippen LogP contribution in [0.1, 0.15) is 82.7 Å². The molecule has 2 N–H and O–H groups in total. The fourth-order valence-electron chi connectivity index (χ4n) is 9.24. The number of methoxy groups -OCH3 is 1. The maximum absolute atomic E-state index is 13.1. The van der Waals surface area contributed by atoms with Crippen LogP contribution in [-0.2, 0) is 68.4 Å². The number of ether oxygens (including phenoxy) is 6. The topological polar surface area (TPSA) is 197 Å². The Bertz CT molecular complexity index is 2540. The van der Waals surface area contributed by atoms with E-state index in [1.807, 2.05) is 48.5 Å². The quantitative estimate of drug-likeness (QED) is 0.0410. The molecule has 1 atom stereocenters. The molecule has 19 heteroatoms. The van der Waals surface area contributed by atoms with Crippen LogP contribution in [0, 0.1) is 0 Å². The first-order valence-electron chi connectivity index (χ1n) is 24.9. The number of aryl methyl sites for hydroxylation is 1. The number of imide groups is 1. The van der Waals surface area contributed by atoms with Crippen molar-refractivity contribution in [2.45, 2.75) is 76.4 Å². The molecule has 0 bridgehead atoms. The molecule has 2 saturated heterocycles. The maximum Gasteiger partial charge on any atom is 0.255 e. The van der Waals surface area contributed by atoms with Gasteiger partial charge in [0.25, 0.3) is 5.91 Å². The first-order valence-corrected chi connectivity index (χ1v) is 27.8. The van der Waals surface area contributed by atoms with Crippen molar-refractivity contribution >= 4 is 53.4 Å². The minimum absolute atomic E-state index is 0.0247. The van der Waals surface area contributed by atoms with Gasteiger partial charge in [0.15, 0.2) is 0 Å². The average Bonchev–Trinajstić information content (AvgIpc) is 3.70. The molecule has 388 valence electrons. The number of piperidine rings is 2. The van der Waals surface area contributed by atoms with E-state index in [-0.39, 0.29) is 36.6 Å². The van der Waals surface area contributed by atoms with Gasteiger partial charge in [0.1, 0.15) is 24.8 Å². The van der Waals surface area contributed by atoms with Crippen molar-refractivity contribution < 1.29 is 52.2 Å². The number of carbonyl (C=O) groups excluding carboxylic acids is 4. The number of amides is 4. The Morgan fingerprint density at radius 2 is 1.47 bits per heavy atom. The van der Waals surface area contributed by atoms with Gasteiger partial charge in [-0.1, -0.05) is 54.1 Å². The van der Waals surface area contributed by atoms with Gasteiger partial charge in [-0.15, -0.1) is 0 Å². The molecule has 3 aliphatic rings. The minimum Gasteiger partial charge on any atom is -0.496 e. The average molecular weight is 1030 g/mol. The number of rotatable bonds is 28. The highest BCUT2D eigenvalue weighted by Gasteiger charge is 2.39. The Balaban J connectivity index is 0.674. The molecule has 0 spiro atoms. The predicted octanol–water partition coefficient (Wildman–Crippen LogP) is 5.52. The molecule has 3 aromatic carbocycles. The Morgan fingerprint density at radius 3 is 2.15 bits per heavy atom. The number of hydrogen-bond acceptors (Lipinski definition) is 14. The van der Waals surface area contributed by atoms with Crippen molar-refractivity contribution in [2.75, 3.05) is 104 Å². The molecule has 3 aliphatic heterocycles. The number of benzene rings is 3. The van der Waals surface area contributed by atoms with Crippen molar-refractivity contribution in [3.8, 4) is 5.75 Å². The maximum atomic E-state index is 13.1. The van der Waals surface area contributed by atoms with Crippen LogP contribution in [-0.4, -0.2) is 150 Å². The summed E-state index contributed by atoms with van der Waals surface area (Å²) < 4.78 is 46.9. The number of anilines is 1. The van der Waals surface area contributed by atoms with Crippen LogP contribution < -0.4 is 25.6 Å². The van der Waals surface area contributed by atoms with E-state index >= 15 is 0 Å². The summed E-state index contributed by atoms with van der Waals surface area (Å²) in [6, 6.07) is 19.1. The first kappa shape index (κ1) is 54.5. The predicted molar refractivity (Wildman–Crippen MR) is 274 cm³/mol. The zero-order valence-electron chi connectivity index (χ0n) is 41.7. The molecule has 17 nitrogen and oxygen atoms in total. The summed E-state index contributed by atoms with van der Waals surface area (Å²) in [5, 5.41) is 6.81. The lowest BCUT2D eigenvalue weighted by molar-refractivity contribution is -0.137. The monoisotopic (exact) mass is 1030 g/mol. The van der Waals surface area contributed by atoms with E-state index in [1.165, 1.54) is 0 Å². The molecule has 7 rings (SSSR count). The number of aromatic nitrogens is 2. The lowest BCUT2D eigenvalue weighted by Crippen LogP contribution is -2.52. The van der Waals surface area contributed by atoms with Gasteiger partial charge < -0.3 is 48.1 Å². The summed E-state index contributed by atoms with van der Waals surface area (Å²) >= 11 is 6.55. The van der Waals surface area contributed by atoms with Gasteiger partial charge in [-0.3, -0.25) is 24.5 Å². The van der Waals surface area contributed by atoms with E-state index in [1.54, 1.807) is 37.6 Å². The number of halogens is 1. The van der Waals surface area contributed by atoms with Crippen LogP contribution >= 0.6 is 18.7 Å². The number of nitrogens with zero attached hydrogens (tertiary/aromatic N) is 4. The molecule has 0 saturated carbocycles. The van der Waals surface area contributed by atoms with Gasteiger partial charge >= 0.3 is 0 Å². The third-order valence-corrected chi connectivity index (χ3v) is 14.9. The SMILES string of the molecule is COc1cc(N2CCC(NC(=O)CCOCCOCCOCCOCCOCCCc3cccc4c3CN(C3CCC(=O)NC3=O)C4=O)CC2)ccc1Cc1ncc(Cl)c(Cc2ccccc2P(C)(C)=O)n1. The van der Waals surface area contributed by atoms with Crippen molar-refractivity contribution in [3.63, 3.8) is 0 Å². The fraction of sp³-hybridized carbons (Fsp3) is 0.509. The summed E-state index contributed by atoms with van der Waals surface area (Å²) in [5.41, 5.74) is 6.27. The second-order valence-electron chi connectivity index (χ2n) is 18.5. The van der Waals surface area contributed by atoms with Crippen LogP contribution in [0.2, 0.25) is 5.02 Å². The molecule has 0 radical (unpaired) electrons. The van der Waals surface area contributed by atoms with E-state index in [2.05, 4.69) is 26.6 Å². The fourth-order valence-corrected chi connectivity index (χ4v) is 10.7. The smallest absolute Gasteiger partial charge is 0.255 e. The minimum atomic E-state index is -2.49. The number of nitrogens with one attached hydrogen (secondary N) is 2. The van der Waals surface area contributed by atoms with Gasteiger partial charge in [0.05, 0.1) is 77.3 Å². The molecular weight excluding hydrogens is 963 g/mol. The van der Waals surface area contributed by atoms with Crippen molar-refractivity contribution in [1.82, 2.24) is 25.5 Å². The molecule has 1 aromatic heterocycles. The Labute approximate surface area is 427 Å². The highest BCUT2D eigenvalue weighted by Crippen LogP contribution is 2.37. The Hall–Kier alpha value is -5.26. The molecule has 72 heavy (non-hydrogen) atoms. The number of hydrogen-bond donors (Lipinski definition) is 2. The van der Waals surface area contributed by atoms with E-state index < -0.39 is 19.1 Å². The van der Waals surface area contributed by atoms with Gasteiger partial charge in [-0.25, -0.2) is 9.97 Å². The molecule has 4 amide bonds. The summed E-state index contributed by atoms with van der Waals surface area (Å²) in [7, 11) is -0.826. The van der Waals surface area contributed by atoms with Crippen LogP contribution in [0.4, 0.5) is 5.69 Å². The summed E-state index contributed by atoms with van der Waals surface area (Å²) in [6.45, 7) is 9.82. The second kappa shape index (κ2) is 27.2. The molecular formula is C53H68ClN6O11P. The van der Waals surface area contributed by atoms with E-state index in [4.69, 9.17) is 45.0 Å². The summed E-state index contributed by atoms with van der Waals surface area (Å²) in [4.78, 5) is 62.9. The molecule has 4 heterocycles. The number of carbonyl (C=O) groups is 4. The first-order chi connectivity index (χ1) is 34.9. The highest BCUT2D eigenvalue weighted by molar-refractivity contribution is 7.70. The van der Waals surface area contributed by atoms with Crippen LogP contribution in [0.5, 0.6) is 5.75 Å². The van der Waals surface area contributed by atoms with Gasteiger partial charge in [-0.05, 0) is 74.3 Å².